The Kier molecular flexibility index (Phi) is 2.03. The van der Waals surface area contributed by atoms with E-state index in [1.54, 1.807) is 20.8 Å². The van der Waals surface area contributed by atoms with Gasteiger partial charge < -0.3 is 10.4 Å². The van der Waals surface area contributed by atoms with Crippen LogP contribution in [-0.2, 0) is 4.79 Å². The van der Waals surface area contributed by atoms with Crippen molar-refractivity contribution < 1.29 is 15.4 Å². The summed E-state index contributed by atoms with van der Waals surface area (Å²) in [7, 11) is 0. The summed E-state index contributed by atoms with van der Waals surface area (Å²) < 4.78 is 29.3. The fourth-order valence-electron chi connectivity index (χ4n) is 0.452. The highest BCUT2D eigenvalue weighted by Gasteiger charge is 2.07. The Balaban J connectivity index is 4.50. The van der Waals surface area contributed by atoms with E-state index in [2.05, 4.69) is 0 Å². The number of carboxylic acid groups (broad SMARTS) is 1. The Bertz CT molecular complexity index is 239. The smallest absolute Gasteiger partial charge is 0.303 e. The summed E-state index contributed by atoms with van der Waals surface area (Å²) in [4.78, 5) is 10.5. The summed E-state index contributed by atoms with van der Waals surface area (Å²) >= 11 is 0. The zero-order chi connectivity index (χ0) is 12.4. The van der Waals surface area contributed by atoms with Gasteiger partial charge in [-0.2, -0.15) is 0 Å². The molecule has 0 aliphatic rings. The van der Waals surface area contributed by atoms with E-state index >= 15 is 0 Å². The van der Waals surface area contributed by atoms with Gasteiger partial charge in [-0.25, -0.2) is 0 Å². The molecular weight excluding hydrogens is 142 g/mol. The van der Waals surface area contributed by atoms with Gasteiger partial charge in [-0.1, -0.05) is 0 Å². The lowest BCUT2D eigenvalue weighted by atomic mass is 10.1. The van der Waals surface area contributed by atoms with Gasteiger partial charge in [0.25, 0.3) is 0 Å². The molecule has 0 aromatic carbocycles. The first-order valence-corrected chi connectivity index (χ1v) is 3.42. The molecular formula is C8H17NO2. The predicted octanol–water partition coefficient (Wildman–Crippen LogP) is 1.24. The van der Waals surface area contributed by atoms with Crippen LogP contribution in [0.2, 0.25) is 1.41 Å². The van der Waals surface area contributed by atoms with Crippen LogP contribution < -0.4 is 5.31 Å². The topological polar surface area (TPSA) is 49.3 Å². The van der Waals surface area contributed by atoms with Crippen molar-refractivity contribution in [3.05, 3.63) is 0 Å². The van der Waals surface area contributed by atoms with Gasteiger partial charge in [0.2, 0.25) is 0 Å². The third-order valence-electron chi connectivity index (χ3n) is 0.823. The van der Waals surface area contributed by atoms with Gasteiger partial charge in [0, 0.05) is 16.0 Å². The monoisotopic (exact) mass is 163 g/mol. The lowest BCUT2D eigenvalue weighted by Crippen LogP contribution is -2.36. The highest BCUT2D eigenvalue weighted by Crippen LogP contribution is 1.98. The Labute approximate surface area is 73.5 Å². The number of hydrogen-bond donors (Lipinski definition) is 2. The summed E-state index contributed by atoms with van der Waals surface area (Å²) in [5, 5.41) is 9.43. The summed E-state index contributed by atoms with van der Waals surface area (Å²) in [6.07, 6.45) is -2.99. The standard InChI is InChI=1S/C8H17NO2/c1-8(2,3)9-6-4-5-7(10)11/h9H,4-6H2,1-3H3,(H,10,11)/i5D2,6D/hD. The molecule has 0 spiro atoms. The molecule has 0 aromatic rings. The summed E-state index contributed by atoms with van der Waals surface area (Å²) in [5.41, 5.74) is -0.610. The highest BCUT2D eigenvalue weighted by atomic mass is 16.4. The Morgan fingerprint density at radius 3 is 2.64 bits per heavy atom. The molecule has 0 amide bonds. The summed E-state index contributed by atoms with van der Waals surface area (Å²) in [6, 6.07) is 0. The largest absolute Gasteiger partial charge is 0.481 e. The van der Waals surface area contributed by atoms with Crippen molar-refractivity contribution in [2.24, 2.45) is 0 Å². The zero-order valence-electron chi connectivity index (χ0n) is 11.1. The van der Waals surface area contributed by atoms with Crippen LogP contribution in [0.1, 0.15) is 37.7 Å². The molecule has 66 valence electrons. The molecule has 0 radical (unpaired) electrons. The first kappa shape index (κ1) is 5.14. The van der Waals surface area contributed by atoms with E-state index in [1.807, 2.05) is 0 Å². The fraction of sp³-hybridized carbons (Fsp3) is 0.875. The Morgan fingerprint density at radius 2 is 2.27 bits per heavy atom. The van der Waals surface area contributed by atoms with E-state index in [-0.39, 0.29) is 0 Å². The van der Waals surface area contributed by atoms with E-state index in [1.165, 1.54) is 0 Å². The molecule has 1 unspecified atom stereocenters. The van der Waals surface area contributed by atoms with Crippen molar-refractivity contribution in [1.29, 1.82) is 0 Å². The molecule has 0 saturated heterocycles. The number of carbonyl (C=O) groups is 1. The SMILES string of the molecule is [2H]C(CC([2H])([2H])C(=O)O)N([2H])C(C)(C)C. The number of hydrogen-bond acceptors (Lipinski definition) is 2. The molecule has 1 atom stereocenters. The van der Waals surface area contributed by atoms with Crippen molar-refractivity contribution >= 4 is 5.97 Å². The number of carboxylic acids is 1. The fourth-order valence-corrected chi connectivity index (χ4v) is 0.452. The lowest BCUT2D eigenvalue weighted by molar-refractivity contribution is -0.137. The van der Waals surface area contributed by atoms with Gasteiger partial charge in [-0.15, -0.1) is 0 Å². The molecule has 0 rings (SSSR count). The Hall–Kier alpha value is -0.570. The minimum absolute atomic E-state index is 0.525. The molecule has 2 N–H and O–H groups in total. The zero-order valence-corrected chi connectivity index (χ0v) is 7.09. The molecule has 0 aliphatic heterocycles. The van der Waals surface area contributed by atoms with Gasteiger partial charge in [-0.3, -0.25) is 4.79 Å². The van der Waals surface area contributed by atoms with Crippen LogP contribution in [0.5, 0.6) is 0 Å². The number of rotatable bonds is 4. The maximum absolute atomic E-state index is 10.5. The molecule has 0 aromatic heterocycles. The first-order valence-electron chi connectivity index (χ1n) is 5.45. The van der Waals surface area contributed by atoms with Crippen LogP contribution in [0.15, 0.2) is 0 Å². The third-order valence-corrected chi connectivity index (χ3v) is 0.823. The van der Waals surface area contributed by atoms with Gasteiger partial charge in [-0.05, 0) is 33.7 Å². The molecule has 0 aliphatic carbocycles. The van der Waals surface area contributed by atoms with Crippen LogP contribution in [-0.4, -0.2) is 23.1 Å². The second-order valence-electron chi connectivity index (χ2n) is 3.17. The Morgan fingerprint density at radius 1 is 1.73 bits per heavy atom. The second-order valence-corrected chi connectivity index (χ2v) is 3.17. The summed E-state index contributed by atoms with van der Waals surface area (Å²) in [6.45, 7) is 3.92. The molecule has 3 nitrogen and oxygen atoms in total. The average molecular weight is 163 g/mol. The van der Waals surface area contributed by atoms with E-state index in [9.17, 15) is 4.79 Å². The summed E-state index contributed by atoms with van der Waals surface area (Å²) in [5.74, 6) is -1.60. The third kappa shape index (κ3) is 9.43. The van der Waals surface area contributed by atoms with Gasteiger partial charge in [0.05, 0.1) is 0 Å². The quantitative estimate of drug-likeness (QED) is 0.655. The predicted molar refractivity (Wildman–Crippen MR) is 44.6 cm³/mol. The molecule has 0 bridgehead atoms. The molecule has 0 fully saturated rings. The maximum Gasteiger partial charge on any atom is 0.303 e. The number of aliphatic carboxylic acids is 1. The van der Waals surface area contributed by atoms with Crippen molar-refractivity contribution in [3.63, 3.8) is 0 Å². The van der Waals surface area contributed by atoms with Gasteiger partial charge in [0.1, 0.15) is 1.41 Å². The van der Waals surface area contributed by atoms with Crippen molar-refractivity contribution in [2.45, 2.75) is 39.1 Å². The van der Waals surface area contributed by atoms with Gasteiger partial charge >= 0.3 is 5.97 Å². The average Bonchev–Trinajstić information content (AvgIpc) is 2.00. The molecule has 0 heterocycles. The van der Waals surface area contributed by atoms with Crippen LogP contribution >= 0.6 is 0 Å². The van der Waals surface area contributed by atoms with Crippen molar-refractivity contribution in [3.8, 4) is 0 Å². The first-order chi connectivity index (χ1) is 6.48. The number of nitrogens with one attached hydrogen (secondary N) is 1. The van der Waals surface area contributed by atoms with Crippen molar-refractivity contribution in [1.82, 2.24) is 5.31 Å². The van der Waals surface area contributed by atoms with Crippen LogP contribution in [0.3, 0.4) is 0 Å². The van der Waals surface area contributed by atoms with Crippen molar-refractivity contribution in [2.75, 3.05) is 6.52 Å². The van der Waals surface area contributed by atoms with E-state index in [0.717, 1.165) is 5.31 Å². The second kappa shape index (κ2) is 4.34. The minimum Gasteiger partial charge on any atom is -0.481 e. The maximum atomic E-state index is 10.5. The highest BCUT2D eigenvalue weighted by molar-refractivity contribution is 5.66. The van der Waals surface area contributed by atoms with E-state index in [0.29, 0.717) is 0 Å². The molecule has 3 heteroatoms. The van der Waals surface area contributed by atoms with Crippen LogP contribution in [0, 0.1) is 0 Å². The molecule has 0 saturated carbocycles. The minimum atomic E-state index is -2.46. The van der Waals surface area contributed by atoms with E-state index < -0.39 is 30.8 Å². The van der Waals surface area contributed by atoms with Gasteiger partial charge in [0.15, 0.2) is 0 Å². The van der Waals surface area contributed by atoms with E-state index in [4.69, 9.17) is 10.6 Å². The normalized spacial score (nSPS) is 21.5. The lowest BCUT2D eigenvalue weighted by Gasteiger charge is -2.19. The van der Waals surface area contributed by atoms with Crippen LogP contribution in [0.4, 0.5) is 0 Å². The molecule has 11 heavy (non-hydrogen) atoms. The van der Waals surface area contributed by atoms with Crippen LogP contribution in [0.25, 0.3) is 0 Å².